The van der Waals surface area contributed by atoms with E-state index in [1.54, 1.807) is 11.5 Å². The van der Waals surface area contributed by atoms with Crippen molar-refractivity contribution >= 4 is 29.4 Å². The molecule has 0 spiro atoms. The highest BCUT2D eigenvalue weighted by Crippen LogP contribution is 2.48. The first-order valence-electron chi connectivity index (χ1n) is 9.21. The maximum atomic E-state index is 5.96. The normalized spacial score (nSPS) is 14.3. The Hall–Kier alpha value is -2.11. The van der Waals surface area contributed by atoms with E-state index in [4.69, 9.17) is 17.0 Å². The number of nitrogens with zero attached hydrogens (tertiary/aromatic N) is 1. The highest BCUT2D eigenvalue weighted by molar-refractivity contribution is 7.71. The number of nitrogens with one attached hydrogen (secondary N) is 1. The summed E-state index contributed by atoms with van der Waals surface area (Å²) < 4.78 is 8.61. The molecule has 2 heterocycles. The van der Waals surface area contributed by atoms with Crippen molar-refractivity contribution in [1.29, 1.82) is 0 Å². The molecule has 1 aliphatic heterocycles. The van der Waals surface area contributed by atoms with Crippen LogP contribution in [0.15, 0.2) is 36.4 Å². The highest BCUT2D eigenvalue weighted by Gasteiger charge is 2.35. The van der Waals surface area contributed by atoms with Crippen LogP contribution in [0.1, 0.15) is 36.8 Å². The Balaban J connectivity index is 1.93. The molecule has 5 heteroatoms. The molecule has 3 aromatic rings. The highest BCUT2D eigenvalue weighted by atomic mass is 32.1. The number of benzene rings is 2. The number of fused-ring (bicyclic) bond motifs is 3. The summed E-state index contributed by atoms with van der Waals surface area (Å²) in [5.74, 6) is 0.882. The predicted octanol–water partition coefficient (Wildman–Crippen LogP) is 6.61. The van der Waals surface area contributed by atoms with E-state index in [2.05, 4.69) is 61.2 Å². The van der Waals surface area contributed by atoms with Crippen LogP contribution in [-0.2, 0) is 5.54 Å². The van der Waals surface area contributed by atoms with Crippen LogP contribution in [0.5, 0.6) is 5.75 Å². The largest absolute Gasteiger partial charge is 0.494 e. The number of ether oxygens (including phenoxy) is 1. The van der Waals surface area contributed by atoms with Gasteiger partial charge in [-0.25, -0.2) is 0 Å². The van der Waals surface area contributed by atoms with E-state index in [-0.39, 0.29) is 5.54 Å². The Morgan fingerprint density at radius 3 is 2.52 bits per heavy atom. The third-order valence-electron chi connectivity index (χ3n) is 4.94. The maximum Gasteiger partial charge on any atom is 0.129 e. The van der Waals surface area contributed by atoms with Gasteiger partial charge in [0.15, 0.2) is 0 Å². The van der Waals surface area contributed by atoms with Crippen molar-refractivity contribution < 1.29 is 4.74 Å². The molecule has 1 aliphatic rings. The number of aryl methyl sites for hydroxylation is 2. The lowest BCUT2D eigenvalue weighted by atomic mass is 9.87. The molecule has 0 unspecified atom stereocenters. The minimum Gasteiger partial charge on any atom is -0.494 e. The SMILES string of the molecule is CCOc1ccc(-n2sc3c(c2=S)-c2cc(C)cc(C)c2NC3(C)C)cc1. The van der Waals surface area contributed by atoms with E-state index in [0.29, 0.717) is 6.61 Å². The van der Waals surface area contributed by atoms with Crippen molar-refractivity contribution in [3.05, 3.63) is 57.0 Å². The Labute approximate surface area is 169 Å². The molecule has 0 saturated carbocycles. The minimum atomic E-state index is -0.170. The van der Waals surface area contributed by atoms with Gasteiger partial charge < -0.3 is 10.1 Å². The van der Waals surface area contributed by atoms with Crippen LogP contribution >= 0.6 is 23.8 Å². The summed E-state index contributed by atoms with van der Waals surface area (Å²) in [6.07, 6.45) is 0. The zero-order valence-corrected chi connectivity index (χ0v) is 18.0. The van der Waals surface area contributed by atoms with E-state index in [0.717, 1.165) is 16.1 Å². The fourth-order valence-corrected chi connectivity index (χ4v) is 5.41. The van der Waals surface area contributed by atoms with Crippen LogP contribution in [0, 0.1) is 18.5 Å². The summed E-state index contributed by atoms with van der Waals surface area (Å²) in [7, 11) is 0. The third-order valence-corrected chi connectivity index (χ3v) is 6.92. The van der Waals surface area contributed by atoms with Crippen molar-refractivity contribution in [3.8, 4) is 22.6 Å². The van der Waals surface area contributed by atoms with Crippen LogP contribution in [0.3, 0.4) is 0 Å². The average Bonchev–Trinajstić information content (AvgIpc) is 2.96. The zero-order valence-electron chi connectivity index (χ0n) is 16.3. The van der Waals surface area contributed by atoms with E-state index in [9.17, 15) is 0 Å². The lowest BCUT2D eigenvalue weighted by Gasteiger charge is -2.34. The molecule has 27 heavy (non-hydrogen) atoms. The smallest absolute Gasteiger partial charge is 0.129 e. The molecule has 0 bridgehead atoms. The zero-order chi connectivity index (χ0) is 19.3. The quantitative estimate of drug-likeness (QED) is 0.504. The number of hydrogen-bond donors (Lipinski definition) is 1. The molecular weight excluding hydrogens is 372 g/mol. The maximum absolute atomic E-state index is 5.96. The van der Waals surface area contributed by atoms with Gasteiger partial charge in [0.1, 0.15) is 10.4 Å². The number of aromatic nitrogens is 1. The molecule has 0 aliphatic carbocycles. The van der Waals surface area contributed by atoms with Crippen LogP contribution in [-0.4, -0.2) is 10.6 Å². The molecule has 4 rings (SSSR count). The molecule has 1 N–H and O–H groups in total. The first-order chi connectivity index (χ1) is 12.8. The van der Waals surface area contributed by atoms with Crippen LogP contribution in [0.2, 0.25) is 0 Å². The second-order valence-corrected chi connectivity index (χ2v) is 8.92. The lowest BCUT2D eigenvalue weighted by Crippen LogP contribution is -2.31. The molecule has 140 valence electrons. The Bertz CT molecular complexity index is 1070. The van der Waals surface area contributed by atoms with E-state index < -0.39 is 0 Å². The molecule has 0 amide bonds. The molecule has 0 fully saturated rings. The fourth-order valence-electron chi connectivity index (χ4n) is 3.76. The van der Waals surface area contributed by atoms with Gasteiger partial charge in [-0.3, -0.25) is 3.96 Å². The monoisotopic (exact) mass is 396 g/mol. The van der Waals surface area contributed by atoms with Crippen LogP contribution < -0.4 is 10.1 Å². The van der Waals surface area contributed by atoms with Crippen molar-refractivity contribution in [2.45, 2.75) is 40.2 Å². The summed E-state index contributed by atoms with van der Waals surface area (Å²) in [6.45, 7) is 11.4. The van der Waals surface area contributed by atoms with Gasteiger partial charge in [-0.1, -0.05) is 35.4 Å². The van der Waals surface area contributed by atoms with Gasteiger partial charge in [-0.05, 0) is 70.5 Å². The second-order valence-electron chi connectivity index (χ2n) is 7.58. The van der Waals surface area contributed by atoms with E-state index in [1.807, 2.05) is 19.1 Å². The number of anilines is 1. The van der Waals surface area contributed by atoms with Gasteiger partial charge in [0.05, 0.1) is 22.7 Å². The van der Waals surface area contributed by atoms with Gasteiger partial charge in [-0.15, -0.1) is 0 Å². The standard InChI is InChI=1S/C22H24N2OS2/c1-6-25-16-9-7-15(8-10-16)24-21(26)18-17-12-13(2)11-14(3)19(17)23-22(4,5)20(18)27-24/h7-12,23H,6H2,1-5H3. The van der Waals surface area contributed by atoms with Gasteiger partial charge in [0, 0.05) is 16.8 Å². The minimum absolute atomic E-state index is 0.170. The number of rotatable bonds is 3. The van der Waals surface area contributed by atoms with Crippen LogP contribution in [0.25, 0.3) is 16.8 Å². The summed E-state index contributed by atoms with van der Waals surface area (Å²) >= 11 is 7.68. The van der Waals surface area contributed by atoms with E-state index >= 15 is 0 Å². The van der Waals surface area contributed by atoms with Crippen LogP contribution in [0.4, 0.5) is 5.69 Å². The van der Waals surface area contributed by atoms with Gasteiger partial charge in [0.25, 0.3) is 0 Å². The summed E-state index contributed by atoms with van der Waals surface area (Å²) in [5.41, 5.74) is 7.02. The molecule has 1 aromatic heterocycles. The average molecular weight is 397 g/mol. The van der Waals surface area contributed by atoms with Gasteiger partial charge >= 0.3 is 0 Å². The van der Waals surface area contributed by atoms with Crippen molar-refractivity contribution in [2.75, 3.05) is 11.9 Å². The molecule has 0 saturated heterocycles. The van der Waals surface area contributed by atoms with Crippen molar-refractivity contribution in [2.24, 2.45) is 0 Å². The molecule has 0 radical (unpaired) electrons. The number of hydrogen-bond acceptors (Lipinski definition) is 4. The van der Waals surface area contributed by atoms with Gasteiger partial charge in [-0.2, -0.15) is 0 Å². The Morgan fingerprint density at radius 1 is 1.15 bits per heavy atom. The second kappa shape index (κ2) is 6.50. The Morgan fingerprint density at radius 2 is 1.85 bits per heavy atom. The molecular formula is C22H24N2OS2. The fraction of sp³-hybridized carbons (Fsp3) is 0.318. The predicted molar refractivity (Wildman–Crippen MR) is 117 cm³/mol. The first-order valence-corrected chi connectivity index (χ1v) is 10.4. The molecule has 3 nitrogen and oxygen atoms in total. The van der Waals surface area contributed by atoms with Crippen molar-refractivity contribution in [3.63, 3.8) is 0 Å². The van der Waals surface area contributed by atoms with E-state index in [1.165, 1.54) is 32.8 Å². The topological polar surface area (TPSA) is 26.2 Å². The molecule has 2 aromatic carbocycles. The summed E-state index contributed by atoms with van der Waals surface area (Å²) in [5, 5.41) is 3.74. The lowest BCUT2D eigenvalue weighted by molar-refractivity contribution is 0.340. The third kappa shape index (κ3) is 2.99. The first kappa shape index (κ1) is 18.3. The Kier molecular flexibility index (Phi) is 4.40. The summed E-state index contributed by atoms with van der Waals surface area (Å²) in [4.78, 5) is 1.28. The summed E-state index contributed by atoms with van der Waals surface area (Å²) in [6, 6.07) is 12.6. The van der Waals surface area contributed by atoms with Crippen molar-refractivity contribution in [1.82, 2.24) is 3.96 Å². The molecule has 0 atom stereocenters. The van der Waals surface area contributed by atoms with Gasteiger partial charge in [0.2, 0.25) is 0 Å².